The van der Waals surface area contributed by atoms with Crippen LogP contribution in [0.4, 0.5) is 0 Å². The zero-order valence-electron chi connectivity index (χ0n) is 16.1. The molecule has 1 N–H and O–H groups in total. The van der Waals surface area contributed by atoms with Crippen molar-refractivity contribution < 1.29 is 14.6 Å². The van der Waals surface area contributed by atoms with E-state index in [0.717, 1.165) is 31.9 Å². The molecule has 5 nitrogen and oxygen atoms in total. The minimum absolute atomic E-state index is 0. The molecule has 26 heavy (non-hydrogen) atoms. The fraction of sp³-hybridized carbons (Fsp3) is 0.684. The van der Waals surface area contributed by atoms with Crippen LogP contribution in [0, 0.1) is 0 Å². The summed E-state index contributed by atoms with van der Waals surface area (Å²) in [6, 6.07) is 8.19. The first-order chi connectivity index (χ1) is 11.5. The van der Waals surface area contributed by atoms with Crippen LogP contribution in [-0.2, 0) is 4.74 Å². The molecule has 0 saturated carbocycles. The van der Waals surface area contributed by atoms with Crippen LogP contribution in [0.1, 0.15) is 25.3 Å². The zero-order valence-corrected chi connectivity index (χ0v) is 17.7. The molecule has 1 saturated heterocycles. The summed E-state index contributed by atoms with van der Waals surface area (Å²) in [6.45, 7) is 10.6. The summed E-state index contributed by atoms with van der Waals surface area (Å²) in [7, 11) is 2.13. The van der Waals surface area contributed by atoms with Crippen LogP contribution in [0.15, 0.2) is 24.3 Å². The molecule has 152 valence electrons. The first-order valence-corrected chi connectivity index (χ1v) is 8.94. The monoisotopic (exact) mass is 408 g/mol. The molecule has 1 aliphatic heterocycles. The van der Waals surface area contributed by atoms with Crippen LogP contribution in [-0.4, -0.2) is 80.6 Å². The van der Waals surface area contributed by atoms with E-state index in [-0.39, 0.29) is 24.8 Å². The van der Waals surface area contributed by atoms with Crippen LogP contribution >= 0.6 is 24.8 Å². The predicted octanol–water partition coefficient (Wildman–Crippen LogP) is 2.66. The topological polar surface area (TPSA) is 45.2 Å². The Kier molecular flexibility index (Phi) is 13.3. The molecule has 0 aromatic heterocycles. The quantitative estimate of drug-likeness (QED) is 0.636. The van der Waals surface area contributed by atoms with Crippen molar-refractivity contribution >= 4 is 24.8 Å². The zero-order chi connectivity index (χ0) is 17.4. The van der Waals surface area contributed by atoms with Crippen molar-refractivity contribution in [2.45, 2.75) is 25.9 Å². The number of piperazine rings is 1. The predicted molar refractivity (Wildman–Crippen MR) is 111 cm³/mol. The number of halogens is 2. The van der Waals surface area contributed by atoms with Gasteiger partial charge in [0.1, 0.15) is 12.4 Å². The van der Waals surface area contributed by atoms with Crippen molar-refractivity contribution in [2.24, 2.45) is 0 Å². The SMILES string of the molecule is CC(C)c1ccc(OCCOCC(O)CN2CCN(C)CC2)cc1.Cl.Cl. The van der Waals surface area contributed by atoms with Crippen molar-refractivity contribution in [3.63, 3.8) is 0 Å². The third-order valence-corrected chi connectivity index (χ3v) is 4.42. The maximum absolute atomic E-state index is 10.0. The van der Waals surface area contributed by atoms with Crippen molar-refractivity contribution in [1.82, 2.24) is 9.80 Å². The first kappa shape index (κ1) is 25.4. The summed E-state index contributed by atoms with van der Waals surface area (Å²) in [6.07, 6.45) is -0.432. The van der Waals surface area contributed by atoms with E-state index in [0.29, 0.717) is 32.3 Å². The van der Waals surface area contributed by atoms with Crippen molar-refractivity contribution in [2.75, 3.05) is 59.6 Å². The molecule has 0 amide bonds. The Hall–Kier alpha value is -0.560. The Labute approximate surface area is 170 Å². The van der Waals surface area contributed by atoms with Gasteiger partial charge in [-0.25, -0.2) is 0 Å². The Morgan fingerprint density at radius 3 is 2.19 bits per heavy atom. The lowest BCUT2D eigenvalue weighted by atomic mass is 10.0. The van der Waals surface area contributed by atoms with Crippen LogP contribution in [0.2, 0.25) is 0 Å². The van der Waals surface area contributed by atoms with E-state index in [4.69, 9.17) is 9.47 Å². The number of benzene rings is 1. The molecule has 2 rings (SSSR count). The largest absolute Gasteiger partial charge is 0.491 e. The highest BCUT2D eigenvalue weighted by Crippen LogP contribution is 2.18. The standard InChI is InChI=1S/C19H32N2O3.2ClH/c1-16(2)17-4-6-19(7-5-17)24-13-12-23-15-18(22)14-21-10-8-20(3)9-11-21;;/h4-7,16,18,22H,8-15H2,1-3H3;2*1H. The van der Waals surface area contributed by atoms with Gasteiger partial charge >= 0.3 is 0 Å². The molecule has 1 fully saturated rings. The van der Waals surface area contributed by atoms with Gasteiger partial charge in [-0.1, -0.05) is 26.0 Å². The van der Waals surface area contributed by atoms with Crippen LogP contribution < -0.4 is 4.74 Å². The van der Waals surface area contributed by atoms with Crippen LogP contribution in [0.3, 0.4) is 0 Å². The van der Waals surface area contributed by atoms with E-state index >= 15 is 0 Å². The van der Waals surface area contributed by atoms with Crippen molar-refractivity contribution in [3.8, 4) is 5.75 Å². The maximum atomic E-state index is 10.0. The van der Waals surface area contributed by atoms with Gasteiger partial charge in [-0.3, -0.25) is 4.90 Å². The maximum Gasteiger partial charge on any atom is 0.119 e. The Balaban J connectivity index is 0.00000312. The summed E-state index contributed by atoms with van der Waals surface area (Å²) < 4.78 is 11.2. The Morgan fingerprint density at radius 2 is 1.62 bits per heavy atom. The van der Waals surface area contributed by atoms with Gasteiger partial charge < -0.3 is 19.5 Å². The smallest absolute Gasteiger partial charge is 0.119 e. The summed E-state index contributed by atoms with van der Waals surface area (Å²) in [5, 5.41) is 10.0. The molecule has 0 radical (unpaired) electrons. The molecule has 7 heteroatoms. The number of hydrogen-bond acceptors (Lipinski definition) is 5. The van der Waals surface area contributed by atoms with E-state index in [2.05, 4.69) is 42.8 Å². The van der Waals surface area contributed by atoms with E-state index in [1.165, 1.54) is 5.56 Å². The third-order valence-electron chi connectivity index (χ3n) is 4.42. The molecular formula is C19H34Cl2N2O3. The average molecular weight is 409 g/mol. The number of nitrogens with zero attached hydrogens (tertiary/aromatic N) is 2. The molecule has 1 atom stereocenters. The molecule has 1 aromatic carbocycles. The highest BCUT2D eigenvalue weighted by Gasteiger charge is 2.16. The van der Waals surface area contributed by atoms with E-state index in [1.807, 2.05) is 12.1 Å². The van der Waals surface area contributed by atoms with E-state index in [1.54, 1.807) is 0 Å². The Morgan fingerprint density at radius 1 is 1.00 bits per heavy atom. The molecule has 1 unspecified atom stereocenters. The number of aliphatic hydroxyl groups excluding tert-OH is 1. The molecule has 0 aliphatic carbocycles. The van der Waals surface area contributed by atoms with Crippen LogP contribution in [0.5, 0.6) is 5.75 Å². The molecule has 0 spiro atoms. The van der Waals surface area contributed by atoms with Gasteiger partial charge in [0, 0.05) is 32.7 Å². The van der Waals surface area contributed by atoms with E-state index in [9.17, 15) is 5.11 Å². The summed E-state index contributed by atoms with van der Waals surface area (Å²) in [4.78, 5) is 4.60. The van der Waals surface area contributed by atoms with Gasteiger partial charge in [-0.15, -0.1) is 24.8 Å². The second kappa shape index (κ2) is 13.6. The lowest BCUT2D eigenvalue weighted by molar-refractivity contribution is 0.00149. The molecule has 0 bridgehead atoms. The fourth-order valence-corrected chi connectivity index (χ4v) is 2.77. The number of likely N-dealkylation sites (N-methyl/N-ethyl adjacent to an activating group) is 1. The number of β-amino-alcohol motifs (C(OH)–C–C–N with tert-alkyl or cyclic N) is 1. The van der Waals surface area contributed by atoms with Crippen molar-refractivity contribution in [3.05, 3.63) is 29.8 Å². The number of hydrogen-bond donors (Lipinski definition) is 1. The van der Waals surface area contributed by atoms with Gasteiger partial charge in [0.05, 0.1) is 19.3 Å². The van der Waals surface area contributed by atoms with Gasteiger partial charge in [0.15, 0.2) is 0 Å². The molecular weight excluding hydrogens is 375 g/mol. The Bertz CT molecular complexity index is 466. The average Bonchev–Trinajstić information content (AvgIpc) is 2.57. The minimum Gasteiger partial charge on any atom is -0.491 e. The summed E-state index contributed by atoms with van der Waals surface area (Å²) in [5.74, 6) is 1.39. The first-order valence-electron chi connectivity index (χ1n) is 8.94. The molecule has 1 aliphatic rings. The second-order valence-corrected chi connectivity index (χ2v) is 6.90. The third kappa shape index (κ3) is 9.40. The van der Waals surface area contributed by atoms with Gasteiger partial charge in [0.25, 0.3) is 0 Å². The fourth-order valence-electron chi connectivity index (χ4n) is 2.77. The summed E-state index contributed by atoms with van der Waals surface area (Å²) in [5.41, 5.74) is 1.31. The highest BCUT2D eigenvalue weighted by atomic mass is 35.5. The van der Waals surface area contributed by atoms with Gasteiger partial charge in [-0.2, -0.15) is 0 Å². The molecule has 1 heterocycles. The van der Waals surface area contributed by atoms with E-state index < -0.39 is 6.10 Å². The summed E-state index contributed by atoms with van der Waals surface area (Å²) >= 11 is 0. The highest BCUT2D eigenvalue weighted by molar-refractivity contribution is 5.85. The van der Waals surface area contributed by atoms with Crippen molar-refractivity contribution in [1.29, 1.82) is 0 Å². The van der Waals surface area contributed by atoms with Crippen LogP contribution in [0.25, 0.3) is 0 Å². The lowest BCUT2D eigenvalue weighted by Gasteiger charge is -2.33. The molecule has 1 aromatic rings. The minimum atomic E-state index is -0.432. The van der Waals surface area contributed by atoms with Gasteiger partial charge in [0.2, 0.25) is 0 Å². The lowest BCUT2D eigenvalue weighted by Crippen LogP contribution is -2.47. The van der Waals surface area contributed by atoms with Gasteiger partial charge in [-0.05, 0) is 30.7 Å². The second-order valence-electron chi connectivity index (χ2n) is 6.90. The number of aliphatic hydroxyl groups is 1. The number of ether oxygens (including phenoxy) is 2. The normalized spacial score (nSPS) is 16.7. The number of rotatable bonds is 9.